The molecule has 126 valence electrons. The molecule has 2 heterocycles. The van der Waals surface area contributed by atoms with Crippen LogP contribution in [0, 0.1) is 0 Å². The molecule has 0 saturated carbocycles. The lowest BCUT2D eigenvalue weighted by Gasteiger charge is -2.09. The Balaban J connectivity index is 1.69. The van der Waals surface area contributed by atoms with Gasteiger partial charge in [0.2, 0.25) is 5.91 Å². The molecule has 1 unspecified atom stereocenters. The van der Waals surface area contributed by atoms with Crippen molar-refractivity contribution in [2.24, 2.45) is 7.05 Å². The third kappa shape index (κ3) is 3.79. The first-order valence-electron chi connectivity index (χ1n) is 7.39. The van der Waals surface area contributed by atoms with E-state index in [4.69, 9.17) is 11.6 Å². The van der Waals surface area contributed by atoms with E-state index in [1.807, 2.05) is 0 Å². The van der Waals surface area contributed by atoms with Crippen molar-refractivity contribution in [3.05, 3.63) is 45.3 Å². The van der Waals surface area contributed by atoms with Crippen molar-refractivity contribution in [3.63, 3.8) is 0 Å². The van der Waals surface area contributed by atoms with E-state index in [0.717, 1.165) is 17.0 Å². The molecule has 0 fully saturated rings. The number of nitrogens with one attached hydrogen (secondary N) is 1. The smallest absolute Gasteiger partial charge is 0.267 e. The first-order valence-corrected chi connectivity index (χ1v) is 9.63. The number of carbonyl (C=O) groups is 1. The van der Waals surface area contributed by atoms with Gasteiger partial charge < -0.3 is 5.32 Å². The molecule has 3 rings (SSSR count). The number of nitrogens with zero attached hydrogens (tertiary/aromatic N) is 2. The molecule has 5 nitrogen and oxygen atoms in total. The van der Waals surface area contributed by atoms with Gasteiger partial charge in [0.25, 0.3) is 5.56 Å². The molecule has 2 aromatic rings. The second-order valence-electron chi connectivity index (χ2n) is 5.51. The number of hydrogen-bond donors (Lipinski definition) is 1. The lowest BCUT2D eigenvalue weighted by molar-refractivity contribution is -0.113. The number of thioether (sulfide) groups is 2. The molecule has 1 aromatic heterocycles. The van der Waals surface area contributed by atoms with E-state index in [2.05, 4.69) is 17.2 Å². The molecule has 1 aliphatic rings. The standard InChI is InChI=1S/C16H16ClN3O2S2/c1-9-6-12-14(24-9)15(22)20(2)16(19-12)23-8-13(21)18-11-5-3-4-10(17)7-11/h3-5,7,9H,6,8H2,1-2H3,(H,18,21). The van der Waals surface area contributed by atoms with Crippen LogP contribution >= 0.6 is 35.1 Å². The van der Waals surface area contributed by atoms with Crippen LogP contribution in [0.3, 0.4) is 0 Å². The highest BCUT2D eigenvalue weighted by Crippen LogP contribution is 2.33. The molecule has 24 heavy (non-hydrogen) atoms. The third-order valence-corrected chi connectivity index (χ3v) is 6.00. The number of halogens is 1. The molecule has 0 aliphatic carbocycles. The van der Waals surface area contributed by atoms with Crippen molar-refractivity contribution in [3.8, 4) is 0 Å². The lowest BCUT2D eigenvalue weighted by Crippen LogP contribution is -2.23. The Labute approximate surface area is 153 Å². The van der Waals surface area contributed by atoms with E-state index in [-0.39, 0.29) is 17.2 Å². The van der Waals surface area contributed by atoms with Crippen LogP contribution in [-0.2, 0) is 18.3 Å². The summed E-state index contributed by atoms with van der Waals surface area (Å²) < 4.78 is 1.52. The molecular weight excluding hydrogens is 366 g/mol. The maximum absolute atomic E-state index is 12.4. The topological polar surface area (TPSA) is 64.0 Å². The highest BCUT2D eigenvalue weighted by molar-refractivity contribution is 8.00. The summed E-state index contributed by atoms with van der Waals surface area (Å²) in [6.07, 6.45) is 0.790. The molecule has 1 N–H and O–H groups in total. The molecule has 1 amide bonds. The highest BCUT2D eigenvalue weighted by Gasteiger charge is 2.25. The number of fused-ring (bicyclic) bond motifs is 1. The quantitative estimate of drug-likeness (QED) is 0.650. The summed E-state index contributed by atoms with van der Waals surface area (Å²) in [4.78, 5) is 29.8. The van der Waals surface area contributed by atoms with Crippen molar-refractivity contribution < 1.29 is 4.79 Å². The van der Waals surface area contributed by atoms with Crippen molar-refractivity contribution in [2.45, 2.75) is 28.6 Å². The summed E-state index contributed by atoms with van der Waals surface area (Å²) in [5.74, 6) is 0.00799. The first-order chi connectivity index (χ1) is 11.4. The van der Waals surface area contributed by atoms with Gasteiger partial charge in [-0.25, -0.2) is 4.98 Å². The van der Waals surface area contributed by atoms with E-state index in [1.54, 1.807) is 43.1 Å². The minimum Gasteiger partial charge on any atom is -0.325 e. The molecule has 1 aromatic carbocycles. The number of carbonyl (C=O) groups excluding carboxylic acids is 1. The maximum atomic E-state index is 12.4. The number of anilines is 1. The van der Waals surface area contributed by atoms with Gasteiger partial charge in [-0.15, -0.1) is 11.8 Å². The minimum absolute atomic E-state index is 0.0351. The zero-order valence-corrected chi connectivity index (χ0v) is 15.6. The van der Waals surface area contributed by atoms with Gasteiger partial charge in [0.15, 0.2) is 5.16 Å². The van der Waals surface area contributed by atoms with Crippen LogP contribution in [0.5, 0.6) is 0 Å². The Morgan fingerprint density at radius 2 is 2.33 bits per heavy atom. The van der Waals surface area contributed by atoms with Gasteiger partial charge in [0.05, 0.1) is 16.3 Å². The molecule has 1 aliphatic heterocycles. The average Bonchev–Trinajstić information content (AvgIpc) is 2.90. The molecule has 0 bridgehead atoms. The van der Waals surface area contributed by atoms with Gasteiger partial charge in [-0.05, 0) is 18.2 Å². The summed E-state index contributed by atoms with van der Waals surface area (Å²) in [5.41, 5.74) is 1.45. The molecule has 0 radical (unpaired) electrons. The van der Waals surface area contributed by atoms with Gasteiger partial charge in [0, 0.05) is 29.4 Å². The summed E-state index contributed by atoms with van der Waals surface area (Å²) >= 11 is 8.73. The Bertz CT molecular complexity index is 854. The van der Waals surface area contributed by atoms with Crippen LogP contribution < -0.4 is 10.9 Å². The summed E-state index contributed by atoms with van der Waals surface area (Å²) in [7, 11) is 1.69. The second-order valence-corrected chi connectivity index (χ2v) is 8.34. The molecule has 0 spiro atoms. The molecule has 0 saturated heterocycles. The largest absolute Gasteiger partial charge is 0.325 e. The zero-order valence-electron chi connectivity index (χ0n) is 13.2. The summed E-state index contributed by atoms with van der Waals surface area (Å²) in [5, 5.41) is 4.28. The maximum Gasteiger partial charge on any atom is 0.267 e. The van der Waals surface area contributed by atoms with E-state index in [1.165, 1.54) is 16.3 Å². The fourth-order valence-corrected chi connectivity index (χ4v) is 4.52. The predicted molar refractivity (Wildman–Crippen MR) is 99.3 cm³/mol. The van der Waals surface area contributed by atoms with Crippen LogP contribution in [-0.4, -0.2) is 26.5 Å². The average molecular weight is 382 g/mol. The fraction of sp³-hybridized carbons (Fsp3) is 0.312. The highest BCUT2D eigenvalue weighted by atomic mass is 35.5. The Hall–Kier alpha value is -1.44. The molecule has 1 atom stereocenters. The molecular formula is C16H16ClN3O2S2. The first kappa shape index (κ1) is 17.4. The van der Waals surface area contributed by atoms with Gasteiger partial charge in [-0.3, -0.25) is 14.2 Å². The Kier molecular flexibility index (Phi) is 5.22. The van der Waals surface area contributed by atoms with Crippen LogP contribution in [0.2, 0.25) is 5.02 Å². The SMILES string of the molecule is CC1Cc2nc(SCC(=O)Nc3cccc(Cl)c3)n(C)c(=O)c2S1. The van der Waals surface area contributed by atoms with Crippen molar-refractivity contribution in [1.29, 1.82) is 0 Å². The monoisotopic (exact) mass is 381 g/mol. The van der Waals surface area contributed by atoms with E-state index >= 15 is 0 Å². The number of hydrogen-bond acceptors (Lipinski definition) is 5. The van der Waals surface area contributed by atoms with Crippen LogP contribution in [0.4, 0.5) is 5.69 Å². The fourth-order valence-electron chi connectivity index (χ4n) is 2.40. The van der Waals surface area contributed by atoms with Crippen LogP contribution in [0.15, 0.2) is 39.1 Å². The third-order valence-electron chi connectivity index (χ3n) is 3.52. The van der Waals surface area contributed by atoms with Gasteiger partial charge in [0.1, 0.15) is 0 Å². The zero-order chi connectivity index (χ0) is 17.3. The van der Waals surface area contributed by atoms with E-state index in [0.29, 0.717) is 21.1 Å². The minimum atomic E-state index is -0.167. The van der Waals surface area contributed by atoms with Crippen molar-refractivity contribution >= 4 is 46.7 Å². The second kappa shape index (κ2) is 7.21. The summed E-state index contributed by atoms with van der Waals surface area (Å²) in [6.45, 7) is 2.08. The van der Waals surface area contributed by atoms with E-state index in [9.17, 15) is 9.59 Å². The number of rotatable bonds is 4. The van der Waals surface area contributed by atoms with Gasteiger partial charge in [-0.1, -0.05) is 36.4 Å². The van der Waals surface area contributed by atoms with Gasteiger partial charge >= 0.3 is 0 Å². The van der Waals surface area contributed by atoms with Crippen molar-refractivity contribution in [1.82, 2.24) is 9.55 Å². The lowest BCUT2D eigenvalue weighted by atomic mass is 10.2. The molecule has 8 heteroatoms. The Morgan fingerprint density at radius 1 is 1.54 bits per heavy atom. The van der Waals surface area contributed by atoms with Gasteiger partial charge in [-0.2, -0.15) is 0 Å². The predicted octanol–water partition coefficient (Wildman–Crippen LogP) is 3.20. The van der Waals surface area contributed by atoms with Crippen LogP contribution in [0.1, 0.15) is 12.6 Å². The van der Waals surface area contributed by atoms with E-state index < -0.39 is 0 Å². The van der Waals surface area contributed by atoms with Crippen molar-refractivity contribution in [2.75, 3.05) is 11.1 Å². The summed E-state index contributed by atoms with van der Waals surface area (Å²) in [6, 6.07) is 6.98. The number of benzene rings is 1. The Morgan fingerprint density at radius 3 is 3.08 bits per heavy atom. The number of aromatic nitrogens is 2. The van der Waals surface area contributed by atoms with Crippen LogP contribution in [0.25, 0.3) is 0 Å². The normalized spacial score (nSPS) is 16.0. The number of amides is 1.